The van der Waals surface area contributed by atoms with Gasteiger partial charge in [-0.05, 0) is 6.07 Å². The van der Waals surface area contributed by atoms with E-state index < -0.39 is 0 Å². The lowest BCUT2D eigenvalue weighted by molar-refractivity contribution is -0.655. The first-order chi connectivity index (χ1) is 7.19. The van der Waals surface area contributed by atoms with Crippen LogP contribution in [0, 0.1) is 5.21 Å². The van der Waals surface area contributed by atoms with E-state index in [1.54, 1.807) is 0 Å². The van der Waals surface area contributed by atoms with E-state index in [1.807, 2.05) is 0 Å². The van der Waals surface area contributed by atoms with Gasteiger partial charge < -0.3 is 21.2 Å². The Hall–Kier alpha value is -1.60. The summed E-state index contributed by atoms with van der Waals surface area (Å²) in [5, 5.41) is 32.4. The molecule has 4 N–H and O–H groups in total. The van der Waals surface area contributed by atoms with Crippen LogP contribution in [0.4, 0.5) is 11.6 Å². The lowest BCUT2D eigenvalue weighted by Gasteiger charge is -2.17. The summed E-state index contributed by atoms with van der Waals surface area (Å²) in [6.07, 6.45) is 0. The molecule has 0 aliphatic rings. The highest BCUT2D eigenvalue weighted by molar-refractivity contribution is 5.37. The van der Waals surface area contributed by atoms with E-state index in [9.17, 15) is 5.21 Å². The molecule has 0 unspecified atom stereocenters. The van der Waals surface area contributed by atoms with Crippen LogP contribution in [0.3, 0.4) is 0 Å². The standard InChI is InChI=1S/C8H14N4O3/c9-7-1-2-8(12(15)10-7)11(3-5-13)4-6-14/h1-2,13-14H,3-6H2,(H2,9,10). The zero-order valence-electron chi connectivity index (χ0n) is 8.20. The van der Waals surface area contributed by atoms with Gasteiger partial charge in [0.15, 0.2) is 5.82 Å². The van der Waals surface area contributed by atoms with Crippen molar-refractivity contribution in [2.75, 3.05) is 36.9 Å². The molecule has 15 heavy (non-hydrogen) atoms. The third-order valence-corrected chi connectivity index (χ3v) is 1.87. The summed E-state index contributed by atoms with van der Waals surface area (Å²) in [5.74, 6) is 0.383. The quantitative estimate of drug-likeness (QED) is 0.389. The number of hydrogen-bond acceptors (Lipinski definition) is 6. The van der Waals surface area contributed by atoms with Crippen LogP contribution in [-0.4, -0.2) is 41.6 Å². The van der Waals surface area contributed by atoms with E-state index in [1.165, 1.54) is 17.0 Å². The van der Waals surface area contributed by atoms with E-state index in [0.717, 1.165) is 0 Å². The third kappa shape index (κ3) is 2.93. The van der Waals surface area contributed by atoms with Crippen LogP contribution in [0.1, 0.15) is 0 Å². The molecule has 0 saturated heterocycles. The van der Waals surface area contributed by atoms with Crippen molar-refractivity contribution in [1.82, 2.24) is 5.10 Å². The van der Waals surface area contributed by atoms with Gasteiger partial charge in [0.1, 0.15) is 13.1 Å². The van der Waals surface area contributed by atoms with E-state index in [4.69, 9.17) is 15.9 Å². The van der Waals surface area contributed by atoms with Crippen LogP contribution in [0.2, 0.25) is 0 Å². The van der Waals surface area contributed by atoms with Gasteiger partial charge in [0, 0.05) is 6.07 Å². The molecule has 1 aromatic rings. The molecule has 0 fully saturated rings. The van der Waals surface area contributed by atoms with Crippen molar-refractivity contribution < 1.29 is 15.1 Å². The van der Waals surface area contributed by atoms with Crippen LogP contribution >= 0.6 is 0 Å². The number of aliphatic hydroxyl groups excluding tert-OH is 2. The Morgan fingerprint density at radius 3 is 2.40 bits per heavy atom. The van der Waals surface area contributed by atoms with Crippen LogP contribution in [0.15, 0.2) is 12.1 Å². The van der Waals surface area contributed by atoms with Gasteiger partial charge in [0.25, 0.3) is 0 Å². The maximum Gasteiger partial charge on any atom is 0.301 e. The minimum atomic E-state index is -0.107. The number of aliphatic hydroxyl groups is 2. The Morgan fingerprint density at radius 2 is 1.93 bits per heavy atom. The van der Waals surface area contributed by atoms with Crippen LogP contribution in [0.25, 0.3) is 0 Å². The number of nitrogens with zero attached hydrogens (tertiary/aromatic N) is 3. The van der Waals surface area contributed by atoms with Crippen LogP contribution < -0.4 is 15.5 Å². The smallest absolute Gasteiger partial charge is 0.301 e. The van der Waals surface area contributed by atoms with Crippen LogP contribution in [0.5, 0.6) is 0 Å². The fraction of sp³-hybridized carbons (Fsp3) is 0.500. The molecule has 0 bridgehead atoms. The highest BCUT2D eigenvalue weighted by Gasteiger charge is 2.16. The second-order valence-corrected chi connectivity index (χ2v) is 2.92. The lowest BCUT2D eigenvalue weighted by atomic mass is 10.4. The summed E-state index contributed by atoms with van der Waals surface area (Å²) in [6.45, 7) is 0.303. The summed E-state index contributed by atoms with van der Waals surface area (Å²) >= 11 is 0. The summed E-state index contributed by atoms with van der Waals surface area (Å²) < 4.78 is 0. The maximum atomic E-state index is 11.4. The average molecular weight is 214 g/mol. The van der Waals surface area contributed by atoms with Crippen molar-refractivity contribution in [2.45, 2.75) is 0 Å². The summed E-state index contributed by atoms with van der Waals surface area (Å²) in [6, 6.07) is 2.99. The Morgan fingerprint density at radius 1 is 1.33 bits per heavy atom. The number of hydrogen-bond donors (Lipinski definition) is 3. The minimum Gasteiger partial charge on any atom is -0.691 e. The Bertz CT molecular complexity index is 315. The van der Waals surface area contributed by atoms with Crippen molar-refractivity contribution in [3.8, 4) is 0 Å². The fourth-order valence-corrected chi connectivity index (χ4v) is 1.22. The molecule has 7 heteroatoms. The van der Waals surface area contributed by atoms with Gasteiger partial charge in [-0.3, -0.25) is 4.90 Å². The molecular formula is C8H14N4O3. The normalized spacial score (nSPS) is 10.3. The number of nitrogens with two attached hydrogens (primary N) is 1. The fourth-order valence-electron chi connectivity index (χ4n) is 1.22. The van der Waals surface area contributed by atoms with E-state index in [-0.39, 0.29) is 37.9 Å². The molecule has 0 saturated carbocycles. The highest BCUT2D eigenvalue weighted by Crippen LogP contribution is 2.07. The molecule has 0 aliphatic carbocycles. The summed E-state index contributed by atoms with van der Waals surface area (Å²) in [7, 11) is 0. The second kappa shape index (κ2) is 5.32. The van der Waals surface area contributed by atoms with Crippen molar-refractivity contribution in [2.24, 2.45) is 0 Å². The topological polar surface area (TPSA) is 110 Å². The van der Waals surface area contributed by atoms with E-state index >= 15 is 0 Å². The number of rotatable bonds is 5. The first-order valence-electron chi connectivity index (χ1n) is 4.52. The summed E-state index contributed by atoms with van der Waals surface area (Å²) in [4.78, 5) is 1.90. The van der Waals surface area contributed by atoms with Crippen LogP contribution in [-0.2, 0) is 0 Å². The van der Waals surface area contributed by atoms with E-state index in [2.05, 4.69) is 5.10 Å². The molecule has 0 atom stereocenters. The highest BCUT2D eigenvalue weighted by atomic mass is 16.5. The Kier molecular flexibility index (Phi) is 4.07. The van der Waals surface area contributed by atoms with Gasteiger partial charge >= 0.3 is 5.82 Å². The molecule has 1 heterocycles. The largest absolute Gasteiger partial charge is 0.691 e. The molecule has 0 amide bonds. The number of nitrogen functional groups attached to an aromatic ring is 1. The maximum absolute atomic E-state index is 11.4. The van der Waals surface area contributed by atoms with Gasteiger partial charge in [-0.2, -0.15) is 0 Å². The molecule has 0 aliphatic heterocycles. The molecule has 1 aromatic heterocycles. The molecule has 1 rings (SSSR count). The molecule has 0 spiro atoms. The average Bonchev–Trinajstić information content (AvgIpc) is 2.17. The third-order valence-electron chi connectivity index (χ3n) is 1.87. The first-order valence-corrected chi connectivity index (χ1v) is 4.52. The van der Waals surface area contributed by atoms with Crippen molar-refractivity contribution in [3.05, 3.63) is 17.3 Å². The predicted molar refractivity (Wildman–Crippen MR) is 54.0 cm³/mol. The first kappa shape index (κ1) is 11.5. The predicted octanol–water partition coefficient (Wildman–Crippen LogP) is -1.91. The van der Waals surface area contributed by atoms with Gasteiger partial charge in [-0.15, -0.1) is 4.85 Å². The summed E-state index contributed by atoms with van der Waals surface area (Å²) in [5.41, 5.74) is 5.33. The number of anilines is 2. The van der Waals surface area contributed by atoms with Gasteiger partial charge in [0.2, 0.25) is 0 Å². The van der Waals surface area contributed by atoms with Crippen molar-refractivity contribution in [1.29, 1.82) is 0 Å². The van der Waals surface area contributed by atoms with Gasteiger partial charge in [0.05, 0.1) is 13.2 Å². The van der Waals surface area contributed by atoms with Gasteiger partial charge in [-0.1, -0.05) is 5.10 Å². The SMILES string of the molecule is Nc1ccc(N(CCO)CCO)[n+]([O-])n1. The van der Waals surface area contributed by atoms with Gasteiger partial charge in [-0.25, -0.2) is 0 Å². The molecule has 84 valence electrons. The molecular weight excluding hydrogens is 200 g/mol. The lowest BCUT2D eigenvalue weighted by Crippen LogP contribution is -2.43. The molecule has 0 aromatic carbocycles. The second-order valence-electron chi connectivity index (χ2n) is 2.92. The molecule has 0 radical (unpaired) electrons. The number of aromatic nitrogens is 2. The van der Waals surface area contributed by atoms with E-state index in [0.29, 0.717) is 4.85 Å². The Balaban J connectivity index is 2.89. The van der Waals surface area contributed by atoms with Crippen molar-refractivity contribution >= 4 is 11.6 Å². The minimum absolute atomic E-state index is 0.107. The Labute approximate surface area is 86.9 Å². The van der Waals surface area contributed by atoms with Crippen molar-refractivity contribution in [3.63, 3.8) is 0 Å². The zero-order valence-corrected chi connectivity index (χ0v) is 8.20. The molecule has 7 nitrogen and oxygen atoms in total. The zero-order chi connectivity index (χ0) is 11.3. The monoisotopic (exact) mass is 214 g/mol.